The van der Waals surface area contributed by atoms with E-state index >= 15 is 0 Å². The van der Waals surface area contributed by atoms with Crippen molar-refractivity contribution in [3.8, 4) is 0 Å². The molecule has 0 fully saturated rings. The molecular formula is C9H18N2. The third kappa shape index (κ3) is 7.10. The van der Waals surface area contributed by atoms with E-state index in [2.05, 4.69) is 20.8 Å². The molecule has 64 valence electrons. The summed E-state index contributed by atoms with van der Waals surface area (Å²) in [4.78, 5) is 0. The van der Waals surface area contributed by atoms with Gasteiger partial charge in [-0.25, -0.2) is 0 Å². The van der Waals surface area contributed by atoms with Gasteiger partial charge in [-0.15, -0.1) is 0 Å². The lowest BCUT2D eigenvalue weighted by Gasteiger charge is -2.16. The Labute approximate surface area is 69.0 Å². The van der Waals surface area contributed by atoms with Crippen molar-refractivity contribution >= 4 is 5.71 Å². The summed E-state index contributed by atoms with van der Waals surface area (Å²) in [5.74, 6) is 0. The first kappa shape index (κ1) is 10.2. The Morgan fingerprint density at radius 3 is 2.36 bits per heavy atom. The molecule has 0 aromatic rings. The summed E-state index contributed by atoms with van der Waals surface area (Å²) < 4.78 is 0. The Bertz CT molecular complexity index is 151. The Kier molecular flexibility index (Phi) is 3.86. The highest BCUT2D eigenvalue weighted by Crippen LogP contribution is 2.20. The van der Waals surface area contributed by atoms with E-state index < -0.39 is 0 Å². The van der Waals surface area contributed by atoms with Crippen molar-refractivity contribution in [1.82, 2.24) is 0 Å². The van der Waals surface area contributed by atoms with E-state index in [0.717, 1.165) is 12.8 Å². The minimum absolute atomic E-state index is 0.314. The van der Waals surface area contributed by atoms with Gasteiger partial charge in [0.25, 0.3) is 0 Å². The molecule has 0 aromatic carbocycles. The molecule has 0 aromatic heterocycles. The van der Waals surface area contributed by atoms with E-state index in [0.29, 0.717) is 11.1 Å². The third-order valence-electron chi connectivity index (χ3n) is 1.44. The van der Waals surface area contributed by atoms with Gasteiger partial charge in [0.15, 0.2) is 0 Å². The van der Waals surface area contributed by atoms with E-state index in [9.17, 15) is 0 Å². The second-order valence-corrected chi connectivity index (χ2v) is 3.95. The highest BCUT2D eigenvalue weighted by atomic mass is 14.5. The van der Waals surface area contributed by atoms with E-state index in [1.807, 2.05) is 0 Å². The van der Waals surface area contributed by atoms with Crippen molar-refractivity contribution in [1.29, 1.82) is 5.41 Å². The molecular weight excluding hydrogens is 136 g/mol. The molecule has 0 bridgehead atoms. The SMILES string of the molecule is CC(C)(C)CCC(=N)/C=C\N. The quantitative estimate of drug-likeness (QED) is 0.602. The molecule has 0 atom stereocenters. The highest BCUT2D eigenvalue weighted by molar-refractivity contribution is 5.92. The van der Waals surface area contributed by atoms with Gasteiger partial charge in [-0.05, 0) is 30.5 Å². The largest absolute Gasteiger partial charge is 0.405 e. The average molecular weight is 154 g/mol. The van der Waals surface area contributed by atoms with Crippen LogP contribution in [-0.2, 0) is 0 Å². The predicted molar refractivity (Wildman–Crippen MR) is 49.7 cm³/mol. The monoisotopic (exact) mass is 154 g/mol. The van der Waals surface area contributed by atoms with Crippen LogP contribution in [-0.4, -0.2) is 5.71 Å². The van der Waals surface area contributed by atoms with Gasteiger partial charge in [0.1, 0.15) is 0 Å². The lowest BCUT2D eigenvalue weighted by Crippen LogP contribution is -2.07. The smallest absolute Gasteiger partial charge is 0.0328 e. The molecule has 0 amide bonds. The van der Waals surface area contributed by atoms with Crippen molar-refractivity contribution in [2.45, 2.75) is 33.6 Å². The van der Waals surface area contributed by atoms with Crippen LogP contribution in [0.25, 0.3) is 0 Å². The molecule has 2 nitrogen and oxygen atoms in total. The lowest BCUT2D eigenvalue weighted by atomic mass is 9.89. The van der Waals surface area contributed by atoms with Crippen LogP contribution in [0.15, 0.2) is 12.3 Å². The molecule has 0 saturated carbocycles. The van der Waals surface area contributed by atoms with Crippen molar-refractivity contribution in [3.63, 3.8) is 0 Å². The Morgan fingerprint density at radius 2 is 2.00 bits per heavy atom. The summed E-state index contributed by atoms with van der Waals surface area (Å²) in [5, 5.41) is 7.40. The number of allylic oxidation sites excluding steroid dienone is 1. The van der Waals surface area contributed by atoms with E-state index in [1.165, 1.54) is 6.20 Å². The van der Waals surface area contributed by atoms with Gasteiger partial charge < -0.3 is 11.1 Å². The lowest BCUT2D eigenvalue weighted by molar-refractivity contribution is 0.386. The number of hydrogen-bond donors (Lipinski definition) is 2. The van der Waals surface area contributed by atoms with Crippen molar-refractivity contribution in [3.05, 3.63) is 12.3 Å². The molecule has 0 radical (unpaired) electrons. The summed E-state index contributed by atoms with van der Waals surface area (Å²) in [7, 11) is 0. The van der Waals surface area contributed by atoms with Crippen LogP contribution in [0.1, 0.15) is 33.6 Å². The molecule has 11 heavy (non-hydrogen) atoms. The summed E-state index contributed by atoms with van der Waals surface area (Å²) in [5.41, 5.74) is 6.07. The molecule has 0 aliphatic heterocycles. The fraction of sp³-hybridized carbons (Fsp3) is 0.667. The maximum absolute atomic E-state index is 7.40. The summed E-state index contributed by atoms with van der Waals surface area (Å²) >= 11 is 0. The second-order valence-electron chi connectivity index (χ2n) is 3.95. The molecule has 0 spiro atoms. The summed E-state index contributed by atoms with van der Waals surface area (Å²) in [6.45, 7) is 6.52. The van der Waals surface area contributed by atoms with Crippen molar-refractivity contribution < 1.29 is 0 Å². The zero-order valence-corrected chi connectivity index (χ0v) is 7.65. The van der Waals surface area contributed by atoms with E-state index in [1.54, 1.807) is 6.08 Å². The summed E-state index contributed by atoms with van der Waals surface area (Å²) in [6.07, 6.45) is 4.92. The van der Waals surface area contributed by atoms with Gasteiger partial charge in [-0.2, -0.15) is 0 Å². The average Bonchev–Trinajstić information content (AvgIpc) is 1.83. The van der Waals surface area contributed by atoms with Crippen LogP contribution in [0.2, 0.25) is 0 Å². The number of nitrogens with one attached hydrogen (secondary N) is 1. The standard InChI is InChI=1S/C9H18N2/c1-9(2,3)6-4-8(11)5-7-10/h5,7,11H,4,6,10H2,1-3H3/b7-5-,11-8?. The third-order valence-corrected chi connectivity index (χ3v) is 1.44. The number of nitrogens with two attached hydrogens (primary N) is 1. The minimum atomic E-state index is 0.314. The molecule has 0 saturated heterocycles. The zero-order valence-electron chi connectivity index (χ0n) is 7.65. The molecule has 0 aliphatic carbocycles. The molecule has 0 rings (SSSR count). The fourth-order valence-electron chi connectivity index (χ4n) is 0.709. The first-order chi connectivity index (χ1) is 4.95. The van der Waals surface area contributed by atoms with Gasteiger partial charge in [0, 0.05) is 5.71 Å². The fourth-order valence-corrected chi connectivity index (χ4v) is 0.709. The van der Waals surface area contributed by atoms with Crippen LogP contribution in [0, 0.1) is 10.8 Å². The van der Waals surface area contributed by atoms with Gasteiger partial charge in [-0.3, -0.25) is 0 Å². The number of rotatable bonds is 3. The second kappa shape index (κ2) is 4.16. The van der Waals surface area contributed by atoms with Crippen LogP contribution >= 0.6 is 0 Å². The zero-order chi connectivity index (χ0) is 8.91. The maximum atomic E-state index is 7.40. The molecule has 0 heterocycles. The predicted octanol–water partition coefficient (Wildman–Crippen LogP) is 2.30. The van der Waals surface area contributed by atoms with Crippen LogP contribution < -0.4 is 5.73 Å². The van der Waals surface area contributed by atoms with Crippen LogP contribution in [0.3, 0.4) is 0 Å². The first-order valence-electron chi connectivity index (χ1n) is 3.91. The van der Waals surface area contributed by atoms with Gasteiger partial charge in [0.2, 0.25) is 0 Å². The van der Waals surface area contributed by atoms with Crippen molar-refractivity contribution in [2.75, 3.05) is 0 Å². The molecule has 2 heteroatoms. The van der Waals surface area contributed by atoms with Gasteiger partial charge in [0.05, 0.1) is 0 Å². The Morgan fingerprint density at radius 1 is 1.45 bits per heavy atom. The van der Waals surface area contributed by atoms with Gasteiger partial charge >= 0.3 is 0 Å². The maximum Gasteiger partial charge on any atom is 0.0328 e. The summed E-state index contributed by atoms with van der Waals surface area (Å²) in [6, 6.07) is 0. The molecule has 0 unspecified atom stereocenters. The highest BCUT2D eigenvalue weighted by Gasteiger charge is 2.09. The first-order valence-corrected chi connectivity index (χ1v) is 3.91. The number of hydrogen-bond acceptors (Lipinski definition) is 2. The van der Waals surface area contributed by atoms with E-state index in [-0.39, 0.29) is 0 Å². The topological polar surface area (TPSA) is 49.9 Å². The normalized spacial score (nSPS) is 12.3. The van der Waals surface area contributed by atoms with Crippen molar-refractivity contribution in [2.24, 2.45) is 11.1 Å². The Hall–Kier alpha value is -0.790. The van der Waals surface area contributed by atoms with Crippen LogP contribution in [0.5, 0.6) is 0 Å². The Balaban J connectivity index is 3.63. The molecule has 3 N–H and O–H groups in total. The van der Waals surface area contributed by atoms with E-state index in [4.69, 9.17) is 11.1 Å². The minimum Gasteiger partial charge on any atom is -0.405 e. The molecule has 0 aliphatic rings. The van der Waals surface area contributed by atoms with Crippen LogP contribution in [0.4, 0.5) is 0 Å². The van der Waals surface area contributed by atoms with Gasteiger partial charge in [-0.1, -0.05) is 20.8 Å².